The maximum absolute atomic E-state index is 13.5. The first-order chi connectivity index (χ1) is 12.6. The van der Waals surface area contributed by atoms with Gasteiger partial charge in [0.25, 0.3) is 0 Å². The summed E-state index contributed by atoms with van der Waals surface area (Å²) >= 11 is 0. The number of nitrogens with one attached hydrogen (secondary N) is 2. The van der Waals surface area contributed by atoms with Crippen LogP contribution in [-0.2, 0) is 11.2 Å². The third-order valence-electron chi connectivity index (χ3n) is 4.73. The normalized spacial score (nSPS) is 17.2. The zero-order chi connectivity index (χ0) is 18.4. The lowest BCUT2D eigenvalue weighted by Crippen LogP contribution is -2.45. The van der Waals surface area contributed by atoms with Crippen LogP contribution in [0.2, 0.25) is 0 Å². The van der Waals surface area contributed by atoms with Gasteiger partial charge in [-0.1, -0.05) is 36.4 Å². The summed E-state index contributed by atoms with van der Waals surface area (Å²) in [6.07, 6.45) is 3.12. The Labute approximate surface area is 153 Å². The van der Waals surface area contributed by atoms with Crippen molar-refractivity contribution < 1.29 is 13.9 Å². The van der Waals surface area contributed by atoms with Crippen LogP contribution in [0.1, 0.15) is 36.9 Å². The number of para-hydroxylation sites is 1. The van der Waals surface area contributed by atoms with E-state index in [1.807, 2.05) is 19.1 Å². The first-order valence-corrected chi connectivity index (χ1v) is 9.14. The minimum atomic E-state index is -0.380. The molecule has 0 aromatic heterocycles. The average molecular weight is 356 g/mol. The van der Waals surface area contributed by atoms with Crippen molar-refractivity contribution in [2.24, 2.45) is 0 Å². The van der Waals surface area contributed by atoms with E-state index in [-0.39, 0.29) is 29.6 Å². The van der Waals surface area contributed by atoms with E-state index >= 15 is 0 Å². The summed E-state index contributed by atoms with van der Waals surface area (Å²) in [6.45, 7) is 2.59. The van der Waals surface area contributed by atoms with Crippen LogP contribution in [0, 0.1) is 5.82 Å². The summed E-state index contributed by atoms with van der Waals surface area (Å²) in [5, 5.41) is 6.27. The van der Waals surface area contributed by atoms with Gasteiger partial charge in [0.15, 0.2) is 11.6 Å². The predicted octanol–water partition coefficient (Wildman–Crippen LogP) is 3.38. The Kier molecular flexibility index (Phi) is 6.23. The molecule has 26 heavy (non-hydrogen) atoms. The first kappa shape index (κ1) is 18.4. The molecule has 2 aromatic carbocycles. The zero-order valence-electron chi connectivity index (χ0n) is 15.0. The van der Waals surface area contributed by atoms with Crippen LogP contribution < -0.4 is 15.4 Å². The summed E-state index contributed by atoms with van der Waals surface area (Å²) in [5.74, 6) is -0.183. The Morgan fingerprint density at radius 1 is 1.23 bits per heavy atom. The fraction of sp³-hybridized carbons (Fsp3) is 0.381. The van der Waals surface area contributed by atoms with Gasteiger partial charge in [0.1, 0.15) is 6.61 Å². The summed E-state index contributed by atoms with van der Waals surface area (Å²) in [5.41, 5.74) is 2.55. The number of hydrogen-bond acceptors (Lipinski definition) is 3. The van der Waals surface area contributed by atoms with E-state index in [9.17, 15) is 9.18 Å². The third-order valence-corrected chi connectivity index (χ3v) is 4.73. The van der Waals surface area contributed by atoms with Crippen LogP contribution in [0.4, 0.5) is 4.39 Å². The molecule has 2 atom stereocenters. The summed E-state index contributed by atoms with van der Waals surface area (Å²) in [7, 11) is 0. The number of halogens is 1. The Balaban J connectivity index is 1.45. The highest BCUT2D eigenvalue weighted by molar-refractivity contribution is 5.81. The molecule has 0 unspecified atom stereocenters. The van der Waals surface area contributed by atoms with E-state index in [1.54, 1.807) is 18.2 Å². The van der Waals surface area contributed by atoms with Crippen LogP contribution in [0.25, 0.3) is 0 Å². The number of aryl methyl sites for hydroxylation is 1. The van der Waals surface area contributed by atoms with E-state index in [4.69, 9.17) is 4.74 Å². The number of benzene rings is 2. The topological polar surface area (TPSA) is 50.4 Å². The maximum atomic E-state index is 13.5. The summed E-state index contributed by atoms with van der Waals surface area (Å²) in [6, 6.07) is 14.3. The van der Waals surface area contributed by atoms with Crippen molar-refractivity contribution in [3.8, 4) is 5.75 Å². The lowest BCUT2D eigenvalue weighted by molar-refractivity contribution is -0.123. The average Bonchev–Trinajstić information content (AvgIpc) is 2.66. The van der Waals surface area contributed by atoms with Crippen LogP contribution in [0.3, 0.4) is 0 Å². The van der Waals surface area contributed by atoms with E-state index in [1.165, 1.54) is 17.2 Å². The van der Waals surface area contributed by atoms with E-state index in [0.29, 0.717) is 13.2 Å². The number of carbonyl (C=O) groups is 1. The fourth-order valence-corrected chi connectivity index (χ4v) is 3.29. The van der Waals surface area contributed by atoms with E-state index in [2.05, 4.69) is 22.8 Å². The van der Waals surface area contributed by atoms with Crippen molar-refractivity contribution in [3.63, 3.8) is 0 Å². The third kappa shape index (κ3) is 4.61. The number of hydrogen-bond donors (Lipinski definition) is 2. The molecule has 0 fully saturated rings. The molecule has 138 valence electrons. The van der Waals surface area contributed by atoms with E-state index < -0.39 is 0 Å². The molecular weight excluding hydrogens is 331 g/mol. The summed E-state index contributed by atoms with van der Waals surface area (Å²) < 4.78 is 18.9. The number of carbonyl (C=O) groups excluding carboxylic acids is 1. The Morgan fingerprint density at radius 2 is 2.00 bits per heavy atom. The zero-order valence-corrected chi connectivity index (χ0v) is 15.0. The second-order valence-electron chi connectivity index (χ2n) is 6.61. The molecule has 0 radical (unpaired) electrons. The van der Waals surface area contributed by atoms with Crippen LogP contribution in [0.5, 0.6) is 5.75 Å². The van der Waals surface area contributed by atoms with Gasteiger partial charge in [-0.25, -0.2) is 4.39 Å². The van der Waals surface area contributed by atoms with Gasteiger partial charge in [-0.3, -0.25) is 4.79 Å². The Hall–Kier alpha value is -2.40. The highest BCUT2D eigenvalue weighted by Gasteiger charge is 2.23. The minimum absolute atomic E-state index is 0.0300. The molecule has 1 aliphatic rings. The number of rotatable bonds is 7. The van der Waals surface area contributed by atoms with Gasteiger partial charge >= 0.3 is 0 Å². The SMILES string of the molecule is C[C@@H](NCCOc1ccccc1F)C(=O)N[C@@H]1CCCc2ccccc21. The highest BCUT2D eigenvalue weighted by atomic mass is 19.1. The van der Waals surface area contributed by atoms with Gasteiger partial charge in [-0.15, -0.1) is 0 Å². The number of amides is 1. The molecule has 0 aliphatic heterocycles. The molecule has 0 bridgehead atoms. The molecule has 0 heterocycles. The van der Waals surface area contributed by atoms with Crippen molar-refractivity contribution in [2.45, 2.75) is 38.3 Å². The molecule has 0 saturated carbocycles. The van der Waals surface area contributed by atoms with Gasteiger partial charge in [0.05, 0.1) is 12.1 Å². The van der Waals surface area contributed by atoms with Gasteiger partial charge in [-0.05, 0) is 49.4 Å². The van der Waals surface area contributed by atoms with Crippen molar-refractivity contribution in [1.82, 2.24) is 10.6 Å². The van der Waals surface area contributed by atoms with Gasteiger partial charge in [0, 0.05) is 6.54 Å². The lowest BCUT2D eigenvalue weighted by Gasteiger charge is -2.27. The molecule has 5 heteroatoms. The van der Waals surface area contributed by atoms with E-state index in [0.717, 1.165) is 19.3 Å². The molecule has 2 aromatic rings. The quantitative estimate of drug-likeness (QED) is 0.748. The lowest BCUT2D eigenvalue weighted by atomic mass is 9.87. The molecule has 1 aliphatic carbocycles. The molecule has 3 rings (SSSR count). The molecular formula is C21H25FN2O2. The Bertz CT molecular complexity index is 750. The first-order valence-electron chi connectivity index (χ1n) is 9.14. The van der Waals surface area contributed by atoms with Crippen LogP contribution >= 0.6 is 0 Å². The number of fused-ring (bicyclic) bond motifs is 1. The standard InChI is InChI=1S/C21H25FN2O2/c1-15(23-13-14-26-20-12-5-4-10-18(20)22)21(25)24-19-11-6-8-16-7-2-3-9-17(16)19/h2-5,7,9-10,12,15,19,23H,6,8,11,13-14H2,1H3,(H,24,25)/t15-,19-/m1/s1. The van der Waals surface area contributed by atoms with Gasteiger partial charge < -0.3 is 15.4 Å². The summed E-state index contributed by atoms with van der Waals surface area (Å²) in [4.78, 5) is 12.5. The van der Waals surface area contributed by atoms with Gasteiger partial charge in [0.2, 0.25) is 5.91 Å². The van der Waals surface area contributed by atoms with Crippen molar-refractivity contribution in [1.29, 1.82) is 0 Å². The van der Waals surface area contributed by atoms with Crippen LogP contribution in [0.15, 0.2) is 48.5 Å². The number of ether oxygens (including phenoxy) is 1. The minimum Gasteiger partial charge on any atom is -0.489 e. The van der Waals surface area contributed by atoms with Crippen molar-refractivity contribution in [3.05, 3.63) is 65.5 Å². The smallest absolute Gasteiger partial charge is 0.237 e. The molecule has 2 N–H and O–H groups in total. The molecule has 0 saturated heterocycles. The second-order valence-corrected chi connectivity index (χ2v) is 6.61. The predicted molar refractivity (Wildman–Crippen MR) is 99.6 cm³/mol. The molecule has 0 spiro atoms. The maximum Gasteiger partial charge on any atom is 0.237 e. The highest BCUT2D eigenvalue weighted by Crippen LogP contribution is 2.29. The molecule has 4 nitrogen and oxygen atoms in total. The second kappa shape index (κ2) is 8.81. The fourth-order valence-electron chi connectivity index (χ4n) is 3.29. The van der Waals surface area contributed by atoms with Crippen molar-refractivity contribution >= 4 is 5.91 Å². The largest absolute Gasteiger partial charge is 0.489 e. The molecule has 1 amide bonds. The van der Waals surface area contributed by atoms with Crippen LogP contribution in [-0.4, -0.2) is 25.1 Å². The monoisotopic (exact) mass is 356 g/mol. The Morgan fingerprint density at radius 3 is 2.85 bits per heavy atom. The van der Waals surface area contributed by atoms with Gasteiger partial charge in [-0.2, -0.15) is 0 Å². The van der Waals surface area contributed by atoms with Crippen molar-refractivity contribution in [2.75, 3.05) is 13.2 Å².